The maximum Gasteiger partial charge on any atom is 0.260 e. The molecular formula is C15H12FN3O2. The van der Waals surface area contributed by atoms with E-state index in [1.807, 2.05) is 19.1 Å². The first kappa shape index (κ1) is 13.1. The van der Waals surface area contributed by atoms with Crippen molar-refractivity contribution < 1.29 is 14.0 Å². The number of halogens is 1. The Morgan fingerprint density at radius 2 is 2.05 bits per heavy atom. The zero-order chi connectivity index (χ0) is 15.0. The number of hydrogen-bond donors (Lipinski definition) is 2. The Morgan fingerprint density at radius 3 is 2.76 bits per heavy atom. The van der Waals surface area contributed by atoms with Crippen molar-refractivity contribution in [3.05, 3.63) is 47.8 Å². The lowest BCUT2D eigenvalue weighted by atomic mass is 10.1. The van der Waals surface area contributed by atoms with Gasteiger partial charge in [-0.15, -0.1) is 0 Å². The first-order chi connectivity index (χ1) is 10.1. The number of benzene rings is 2. The monoisotopic (exact) mass is 285 g/mol. The number of nitrogens with zero attached hydrogens (tertiary/aromatic N) is 2. The van der Waals surface area contributed by atoms with Crippen LogP contribution in [0.2, 0.25) is 0 Å². The second kappa shape index (κ2) is 4.90. The van der Waals surface area contributed by atoms with Crippen LogP contribution in [0.25, 0.3) is 22.8 Å². The van der Waals surface area contributed by atoms with Crippen LogP contribution >= 0.6 is 0 Å². The zero-order valence-corrected chi connectivity index (χ0v) is 11.2. The first-order valence-corrected chi connectivity index (χ1v) is 6.24. The minimum atomic E-state index is -0.741. The highest BCUT2D eigenvalue weighted by Gasteiger charge is 2.16. The van der Waals surface area contributed by atoms with Crippen molar-refractivity contribution in [3.8, 4) is 28.6 Å². The molecule has 21 heavy (non-hydrogen) atoms. The number of phenols is 1. The van der Waals surface area contributed by atoms with Crippen LogP contribution in [0.15, 0.2) is 40.9 Å². The Hall–Kier alpha value is -2.89. The summed E-state index contributed by atoms with van der Waals surface area (Å²) < 4.78 is 18.6. The molecule has 6 heteroatoms. The summed E-state index contributed by atoms with van der Waals surface area (Å²) in [6.07, 6.45) is 0. The summed E-state index contributed by atoms with van der Waals surface area (Å²) in [6.45, 7) is 1.88. The average molecular weight is 285 g/mol. The molecule has 0 spiro atoms. The van der Waals surface area contributed by atoms with Gasteiger partial charge >= 0.3 is 0 Å². The third-order valence-corrected chi connectivity index (χ3v) is 3.15. The van der Waals surface area contributed by atoms with E-state index in [2.05, 4.69) is 10.1 Å². The van der Waals surface area contributed by atoms with Crippen LogP contribution in [0.4, 0.5) is 10.1 Å². The van der Waals surface area contributed by atoms with Crippen LogP contribution in [0.5, 0.6) is 5.75 Å². The molecule has 5 nitrogen and oxygen atoms in total. The number of aromatic hydroxyl groups is 1. The highest BCUT2D eigenvalue weighted by Crippen LogP contribution is 2.30. The van der Waals surface area contributed by atoms with Crippen LogP contribution in [-0.4, -0.2) is 15.2 Å². The summed E-state index contributed by atoms with van der Waals surface area (Å²) >= 11 is 0. The molecule has 0 aliphatic carbocycles. The van der Waals surface area contributed by atoms with Crippen molar-refractivity contribution >= 4 is 5.69 Å². The molecule has 0 bridgehead atoms. The van der Waals surface area contributed by atoms with Gasteiger partial charge in [0.05, 0.1) is 5.56 Å². The third-order valence-electron chi connectivity index (χ3n) is 3.15. The van der Waals surface area contributed by atoms with Gasteiger partial charge in [-0.25, -0.2) is 4.39 Å². The van der Waals surface area contributed by atoms with Crippen LogP contribution < -0.4 is 5.73 Å². The first-order valence-electron chi connectivity index (χ1n) is 6.24. The molecule has 0 fully saturated rings. The minimum Gasteiger partial charge on any atom is -0.505 e. The van der Waals surface area contributed by atoms with E-state index in [1.165, 1.54) is 12.1 Å². The van der Waals surface area contributed by atoms with E-state index in [0.29, 0.717) is 16.8 Å². The molecule has 106 valence electrons. The molecule has 0 unspecified atom stereocenters. The van der Waals surface area contributed by atoms with Gasteiger partial charge in [0, 0.05) is 11.3 Å². The smallest absolute Gasteiger partial charge is 0.260 e. The molecule has 0 radical (unpaired) electrons. The molecule has 0 atom stereocenters. The van der Waals surface area contributed by atoms with E-state index >= 15 is 0 Å². The fourth-order valence-corrected chi connectivity index (χ4v) is 2.07. The van der Waals surface area contributed by atoms with Crippen LogP contribution in [-0.2, 0) is 0 Å². The van der Waals surface area contributed by atoms with Gasteiger partial charge in [-0.3, -0.25) is 0 Å². The van der Waals surface area contributed by atoms with Gasteiger partial charge in [0.2, 0.25) is 5.82 Å². The molecule has 3 rings (SSSR count). The van der Waals surface area contributed by atoms with Gasteiger partial charge in [0.25, 0.3) is 5.89 Å². The zero-order valence-electron chi connectivity index (χ0n) is 11.2. The van der Waals surface area contributed by atoms with E-state index in [9.17, 15) is 9.50 Å². The molecule has 0 aliphatic rings. The molecule has 2 aromatic carbocycles. The molecule has 0 saturated carbocycles. The summed E-state index contributed by atoms with van der Waals surface area (Å²) in [4.78, 5) is 4.24. The summed E-state index contributed by atoms with van der Waals surface area (Å²) in [5, 5.41) is 13.0. The van der Waals surface area contributed by atoms with Crippen molar-refractivity contribution in [1.82, 2.24) is 10.1 Å². The summed E-state index contributed by atoms with van der Waals surface area (Å²) in [7, 11) is 0. The van der Waals surface area contributed by atoms with Crippen molar-refractivity contribution in [2.75, 3.05) is 5.73 Å². The normalized spacial score (nSPS) is 10.8. The van der Waals surface area contributed by atoms with E-state index < -0.39 is 11.6 Å². The number of rotatable bonds is 2. The van der Waals surface area contributed by atoms with Crippen molar-refractivity contribution in [2.24, 2.45) is 0 Å². The Balaban J connectivity index is 2.06. The number of phenolic OH excluding ortho intramolecular Hbond substituents is 1. The Kier molecular flexibility index (Phi) is 3.06. The number of nitrogen functional groups attached to an aromatic ring is 1. The summed E-state index contributed by atoms with van der Waals surface area (Å²) in [6, 6.07) is 9.35. The van der Waals surface area contributed by atoms with Crippen molar-refractivity contribution in [1.29, 1.82) is 0 Å². The fourth-order valence-electron chi connectivity index (χ4n) is 2.07. The quantitative estimate of drug-likeness (QED) is 0.706. The Morgan fingerprint density at radius 1 is 1.24 bits per heavy atom. The highest BCUT2D eigenvalue weighted by atomic mass is 19.1. The topological polar surface area (TPSA) is 85.2 Å². The van der Waals surface area contributed by atoms with E-state index in [4.69, 9.17) is 10.3 Å². The highest BCUT2D eigenvalue weighted by molar-refractivity contribution is 5.74. The average Bonchev–Trinajstić information content (AvgIpc) is 2.91. The van der Waals surface area contributed by atoms with E-state index in [1.54, 1.807) is 6.07 Å². The summed E-state index contributed by atoms with van der Waals surface area (Å²) in [5.41, 5.74) is 8.43. The van der Waals surface area contributed by atoms with Crippen LogP contribution in [0, 0.1) is 12.7 Å². The third kappa shape index (κ3) is 2.31. The Bertz CT molecular complexity index is 794. The van der Waals surface area contributed by atoms with Gasteiger partial charge in [-0.2, -0.15) is 4.98 Å². The fraction of sp³-hybridized carbons (Fsp3) is 0.0667. The second-order valence-corrected chi connectivity index (χ2v) is 4.63. The van der Waals surface area contributed by atoms with Crippen LogP contribution in [0.1, 0.15) is 5.56 Å². The lowest BCUT2D eigenvalue weighted by Gasteiger charge is -2.03. The maximum atomic E-state index is 13.4. The SMILES string of the molecule is Cc1cccc(N)c1-c1nc(-c2ccc(O)c(F)c2)no1. The van der Waals surface area contributed by atoms with Crippen molar-refractivity contribution in [3.63, 3.8) is 0 Å². The standard InChI is InChI=1S/C15H12FN3O2/c1-8-3-2-4-11(17)13(8)15-18-14(19-21-15)9-5-6-12(20)10(16)7-9/h2-7,20H,17H2,1H3. The molecular weight excluding hydrogens is 273 g/mol. The van der Waals surface area contributed by atoms with Crippen LogP contribution in [0.3, 0.4) is 0 Å². The predicted molar refractivity (Wildman–Crippen MR) is 75.9 cm³/mol. The van der Waals surface area contributed by atoms with E-state index in [-0.39, 0.29) is 11.7 Å². The number of anilines is 1. The number of nitrogens with two attached hydrogens (primary N) is 1. The number of aryl methyl sites for hydroxylation is 1. The molecule has 1 aromatic heterocycles. The molecule has 3 aromatic rings. The minimum absolute atomic E-state index is 0.228. The van der Waals surface area contributed by atoms with Gasteiger partial charge < -0.3 is 15.4 Å². The number of aromatic nitrogens is 2. The molecule has 0 saturated heterocycles. The van der Waals surface area contributed by atoms with Gasteiger partial charge in [0.1, 0.15) is 0 Å². The molecule has 0 aliphatic heterocycles. The molecule has 1 heterocycles. The predicted octanol–water partition coefficient (Wildman–Crippen LogP) is 3.14. The van der Waals surface area contributed by atoms with Crippen molar-refractivity contribution in [2.45, 2.75) is 6.92 Å². The lowest BCUT2D eigenvalue weighted by molar-refractivity contribution is 0.430. The maximum absolute atomic E-state index is 13.4. The lowest BCUT2D eigenvalue weighted by Crippen LogP contribution is -1.92. The second-order valence-electron chi connectivity index (χ2n) is 4.63. The van der Waals surface area contributed by atoms with Gasteiger partial charge in [-0.05, 0) is 36.8 Å². The number of hydrogen-bond acceptors (Lipinski definition) is 5. The summed E-state index contributed by atoms with van der Waals surface area (Å²) in [5.74, 6) is -0.666. The molecule has 0 amide bonds. The van der Waals surface area contributed by atoms with E-state index in [0.717, 1.165) is 11.6 Å². The van der Waals surface area contributed by atoms with Gasteiger partial charge in [-0.1, -0.05) is 17.3 Å². The Labute approximate surface area is 119 Å². The largest absolute Gasteiger partial charge is 0.505 e. The van der Waals surface area contributed by atoms with Gasteiger partial charge in [0.15, 0.2) is 11.6 Å². The molecule has 3 N–H and O–H groups in total.